The number of halogens is 1. The minimum absolute atomic E-state index is 0.0411. The fourth-order valence-electron chi connectivity index (χ4n) is 4.56. The Morgan fingerprint density at radius 1 is 1.03 bits per heavy atom. The van der Waals surface area contributed by atoms with Crippen LogP contribution in [0.15, 0.2) is 66.9 Å². The van der Waals surface area contributed by atoms with E-state index in [0.717, 1.165) is 35.5 Å². The highest BCUT2D eigenvalue weighted by Crippen LogP contribution is 2.43. The molecule has 6 heteroatoms. The molecule has 1 fully saturated rings. The SMILES string of the molecule is CC(C)N(CC(=O)N1c2ccccc2-n2cccc2C1c1cccc(Cl)c1)C(=O)C1CC1. The molecule has 3 aromatic rings. The Hall–Kier alpha value is -3.05. The fraction of sp³-hybridized carbons (Fsp3) is 0.308. The summed E-state index contributed by atoms with van der Waals surface area (Å²) in [6.45, 7) is 3.99. The molecule has 2 aliphatic rings. The van der Waals surface area contributed by atoms with Gasteiger partial charge in [0.1, 0.15) is 12.6 Å². The van der Waals surface area contributed by atoms with Gasteiger partial charge in [-0.15, -0.1) is 0 Å². The van der Waals surface area contributed by atoms with Crippen LogP contribution in [0.2, 0.25) is 5.02 Å². The van der Waals surface area contributed by atoms with Crippen LogP contribution in [0.3, 0.4) is 0 Å². The molecular weight excluding hydrogens is 422 g/mol. The maximum absolute atomic E-state index is 13.9. The van der Waals surface area contributed by atoms with Gasteiger partial charge in [-0.05, 0) is 68.7 Å². The van der Waals surface area contributed by atoms with Gasteiger partial charge in [-0.1, -0.05) is 35.9 Å². The second kappa shape index (κ2) is 8.14. The van der Waals surface area contributed by atoms with Gasteiger partial charge in [0, 0.05) is 23.2 Å². The van der Waals surface area contributed by atoms with Crippen molar-refractivity contribution in [1.82, 2.24) is 9.47 Å². The van der Waals surface area contributed by atoms with E-state index in [0.29, 0.717) is 5.02 Å². The van der Waals surface area contributed by atoms with Gasteiger partial charge < -0.3 is 9.47 Å². The predicted molar refractivity (Wildman–Crippen MR) is 126 cm³/mol. The summed E-state index contributed by atoms with van der Waals surface area (Å²) in [6.07, 6.45) is 3.85. The number of hydrogen-bond donors (Lipinski definition) is 0. The van der Waals surface area contributed by atoms with Crippen molar-refractivity contribution >= 4 is 29.1 Å². The smallest absolute Gasteiger partial charge is 0.247 e. The molecule has 0 saturated heterocycles. The van der Waals surface area contributed by atoms with Gasteiger partial charge in [0.15, 0.2) is 0 Å². The lowest BCUT2D eigenvalue weighted by molar-refractivity contribution is -0.138. The molecule has 2 amide bonds. The zero-order valence-corrected chi connectivity index (χ0v) is 19.0. The van der Waals surface area contributed by atoms with Gasteiger partial charge in [0.05, 0.1) is 17.1 Å². The first kappa shape index (κ1) is 20.8. The van der Waals surface area contributed by atoms with Crippen LogP contribution in [0.4, 0.5) is 5.69 Å². The van der Waals surface area contributed by atoms with E-state index >= 15 is 0 Å². The summed E-state index contributed by atoms with van der Waals surface area (Å²) in [7, 11) is 0. The third kappa shape index (κ3) is 3.61. The van der Waals surface area contributed by atoms with E-state index < -0.39 is 0 Å². The molecule has 1 unspecified atom stereocenters. The quantitative estimate of drug-likeness (QED) is 0.538. The van der Waals surface area contributed by atoms with E-state index in [1.165, 1.54) is 0 Å². The van der Waals surface area contributed by atoms with Crippen molar-refractivity contribution < 1.29 is 9.59 Å². The molecule has 164 valence electrons. The standard InChI is InChI=1S/C26H26ClN3O2/c1-17(2)29(26(32)18-12-13-18)16-24(31)30-22-10-4-3-9-21(22)28-14-6-11-23(28)25(30)19-7-5-8-20(27)15-19/h3-11,14-15,17-18,25H,12-13,16H2,1-2H3. The number of aromatic nitrogens is 1. The maximum Gasteiger partial charge on any atom is 0.247 e. The number of rotatable bonds is 5. The largest absolute Gasteiger partial charge is 0.331 e. The number of benzene rings is 2. The maximum atomic E-state index is 13.9. The molecule has 1 aromatic heterocycles. The van der Waals surface area contributed by atoms with Crippen LogP contribution in [-0.2, 0) is 9.59 Å². The molecule has 2 aromatic carbocycles. The molecule has 1 saturated carbocycles. The lowest BCUT2D eigenvalue weighted by Gasteiger charge is -2.40. The highest BCUT2D eigenvalue weighted by Gasteiger charge is 2.39. The first-order chi connectivity index (χ1) is 15.5. The van der Waals surface area contributed by atoms with Crippen LogP contribution in [0.25, 0.3) is 5.69 Å². The predicted octanol–water partition coefficient (Wildman–Crippen LogP) is 5.21. The van der Waals surface area contributed by atoms with E-state index in [1.54, 1.807) is 4.90 Å². The van der Waals surface area contributed by atoms with E-state index in [1.807, 2.05) is 85.6 Å². The number of carbonyl (C=O) groups excluding carboxylic acids is 2. The number of anilines is 1. The molecule has 0 N–H and O–H groups in total. The molecule has 0 spiro atoms. The first-order valence-electron chi connectivity index (χ1n) is 11.1. The third-order valence-electron chi connectivity index (χ3n) is 6.29. The van der Waals surface area contributed by atoms with Gasteiger partial charge in [-0.2, -0.15) is 0 Å². The van der Waals surface area contributed by atoms with Crippen LogP contribution in [0.1, 0.15) is 44.0 Å². The second-order valence-corrected chi connectivity index (χ2v) is 9.28. The van der Waals surface area contributed by atoms with Gasteiger partial charge in [-0.3, -0.25) is 14.5 Å². The molecule has 1 atom stereocenters. The molecule has 1 aliphatic heterocycles. The second-order valence-electron chi connectivity index (χ2n) is 8.85. The number of para-hydroxylation sites is 2. The zero-order chi connectivity index (χ0) is 22.4. The summed E-state index contributed by atoms with van der Waals surface area (Å²) < 4.78 is 2.13. The zero-order valence-electron chi connectivity index (χ0n) is 18.2. The Balaban J connectivity index is 1.60. The summed E-state index contributed by atoms with van der Waals surface area (Å²) in [5.74, 6) is 0.0544. The molecule has 5 rings (SSSR count). The number of amides is 2. The summed E-state index contributed by atoms with van der Waals surface area (Å²) >= 11 is 6.34. The Labute approximate surface area is 193 Å². The minimum Gasteiger partial charge on any atom is -0.331 e. The molecule has 2 heterocycles. The van der Waals surface area contributed by atoms with Crippen molar-refractivity contribution in [3.8, 4) is 5.69 Å². The van der Waals surface area contributed by atoms with Crippen LogP contribution in [0, 0.1) is 5.92 Å². The summed E-state index contributed by atoms with van der Waals surface area (Å²) in [6, 6.07) is 19.2. The Morgan fingerprint density at radius 3 is 2.47 bits per heavy atom. The number of hydrogen-bond acceptors (Lipinski definition) is 2. The monoisotopic (exact) mass is 447 g/mol. The minimum atomic E-state index is -0.337. The van der Waals surface area contributed by atoms with E-state index in [4.69, 9.17) is 11.6 Å². The molecule has 1 aliphatic carbocycles. The highest BCUT2D eigenvalue weighted by molar-refractivity contribution is 6.30. The van der Waals surface area contributed by atoms with Crippen molar-refractivity contribution in [2.75, 3.05) is 11.4 Å². The summed E-state index contributed by atoms with van der Waals surface area (Å²) in [5.41, 5.74) is 3.70. The summed E-state index contributed by atoms with van der Waals surface area (Å²) in [5, 5.41) is 0.625. The third-order valence-corrected chi connectivity index (χ3v) is 6.53. The van der Waals surface area contributed by atoms with Gasteiger partial charge in [-0.25, -0.2) is 0 Å². The Morgan fingerprint density at radius 2 is 1.78 bits per heavy atom. The van der Waals surface area contributed by atoms with Gasteiger partial charge in [0.25, 0.3) is 0 Å². The molecule has 32 heavy (non-hydrogen) atoms. The topological polar surface area (TPSA) is 45.6 Å². The van der Waals surface area contributed by atoms with E-state index in [2.05, 4.69) is 4.57 Å². The van der Waals surface area contributed by atoms with E-state index in [9.17, 15) is 9.59 Å². The normalized spacial score (nSPS) is 17.1. The average Bonchev–Trinajstić information content (AvgIpc) is 3.52. The van der Waals surface area contributed by atoms with E-state index in [-0.39, 0.29) is 36.4 Å². The van der Waals surface area contributed by atoms with Crippen molar-refractivity contribution in [3.05, 3.63) is 83.1 Å². The number of carbonyl (C=O) groups is 2. The van der Waals surface area contributed by atoms with Gasteiger partial charge in [0.2, 0.25) is 11.8 Å². The summed E-state index contributed by atoms with van der Waals surface area (Å²) in [4.78, 5) is 30.4. The van der Waals surface area contributed by atoms with Crippen LogP contribution in [-0.4, -0.2) is 33.9 Å². The van der Waals surface area contributed by atoms with Crippen LogP contribution < -0.4 is 4.90 Å². The number of nitrogens with zero attached hydrogens (tertiary/aromatic N) is 3. The van der Waals surface area contributed by atoms with Crippen molar-refractivity contribution in [2.24, 2.45) is 5.92 Å². The van der Waals surface area contributed by atoms with Crippen molar-refractivity contribution in [3.63, 3.8) is 0 Å². The molecular formula is C26H26ClN3O2. The van der Waals surface area contributed by atoms with Crippen LogP contribution in [0.5, 0.6) is 0 Å². The molecule has 0 radical (unpaired) electrons. The number of fused-ring (bicyclic) bond motifs is 3. The first-order valence-corrected chi connectivity index (χ1v) is 11.5. The van der Waals surface area contributed by atoms with Gasteiger partial charge >= 0.3 is 0 Å². The Bertz CT molecular complexity index is 1180. The van der Waals surface area contributed by atoms with Crippen molar-refractivity contribution in [1.29, 1.82) is 0 Å². The fourth-order valence-corrected chi connectivity index (χ4v) is 4.75. The lowest BCUT2D eigenvalue weighted by Crippen LogP contribution is -2.49. The Kier molecular flexibility index (Phi) is 5.30. The molecule has 0 bridgehead atoms. The van der Waals surface area contributed by atoms with Crippen LogP contribution >= 0.6 is 11.6 Å². The van der Waals surface area contributed by atoms with Crippen molar-refractivity contribution in [2.45, 2.75) is 38.8 Å². The highest BCUT2D eigenvalue weighted by atomic mass is 35.5. The average molecular weight is 448 g/mol. The molecule has 5 nitrogen and oxygen atoms in total. The lowest BCUT2D eigenvalue weighted by atomic mass is 9.97.